The van der Waals surface area contributed by atoms with E-state index in [1.54, 1.807) is 28.9 Å². The van der Waals surface area contributed by atoms with Crippen molar-refractivity contribution in [2.24, 2.45) is 5.92 Å². The van der Waals surface area contributed by atoms with Crippen LogP contribution in [-0.4, -0.2) is 48.9 Å². The van der Waals surface area contributed by atoms with Gasteiger partial charge in [-0.15, -0.1) is 0 Å². The Morgan fingerprint density at radius 1 is 1.08 bits per heavy atom. The van der Waals surface area contributed by atoms with Crippen LogP contribution in [0.3, 0.4) is 0 Å². The number of hydrogen-bond acceptors (Lipinski definition) is 4. The lowest BCUT2D eigenvalue weighted by atomic mass is 9.96. The van der Waals surface area contributed by atoms with Crippen LogP contribution in [0.2, 0.25) is 0 Å². The fourth-order valence-corrected chi connectivity index (χ4v) is 3.62. The Bertz CT molecular complexity index is 663. The summed E-state index contributed by atoms with van der Waals surface area (Å²) < 4.78 is 5.07. The zero-order valence-electron chi connectivity index (χ0n) is 15.3. The molecule has 1 aromatic rings. The summed E-state index contributed by atoms with van der Waals surface area (Å²) in [6.07, 6.45) is 3.85. The summed E-state index contributed by atoms with van der Waals surface area (Å²) in [7, 11) is 0. The molecule has 2 aliphatic heterocycles. The number of piperidine rings is 2. The van der Waals surface area contributed by atoms with Gasteiger partial charge in [-0.1, -0.05) is 0 Å². The summed E-state index contributed by atoms with van der Waals surface area (Å²) >= 11 is 0. The highest BCUT2D eigenvalue weighted by Crippen LogP contribution is 2.23. The van der Waals surface area contributed by atoms with Crippen LogP contribution < -0.4 is 4.90 Å². The highest BCUT2D eigenvalue weighted by Gasteiger charge is 2.28. The van der Waals surface area contributed by atoms with E-state index in [-0.39, 0.29) is 23.7 Å². The predicted molar refractivity (Wildman–Crippen MR) is 97.9 cm³/mol. The summed E-state index contributed by atoms with van der Waals surface area (Å²) in [5, 5.41) is 0. The summed E-state index contributed by atoms with van der Waals surface area (Å²) in [6.45, 7) is 4.07. The van der Waals surface area contributed by atoms with Crippen molar-refractivity contribution in [2.75, 3.05) is 31.1 Å². The van der Waals surface area contributed by atoms with E-state index in [9.17, 15) is 14.4 Å². The van der Waals surface area contributed by atoms with E-state index in [1.807, 2.05) is 12.1 Å². The normalized spacial score (nSPS) is 18.7. The number of ether oxygens (including phenoxy) is 1. The molecular weight excluding hydrogens is 332 g/mol. The molecule has 0 spiro atoms. The summed E-state index contributed by atoms with van der Waals surface area (Å²) in [4.78, 5) is 40.1. The maximum atomic E-state index is 12.7. The van der Waals surface area contributed by atoms with Gasteiger partial charge in [-0.2, -0.15) is 0 Å². The minimum absolute atomic E-state index is 0.0242. The van der Waals surface area contributed by atoms with Crippen LogP contribution in [0.25, 0.3) is 0 Å². The first-order valence-corrected chi connectivity index (χ1v) is 9.46. The minimum atomic E-state index is -0.157. The van der Waals surface area contributed by atoms with Crippen molar-refractivity contribution in [3.63, 3.8) is 0 Å². The van der Waals surface area contributed by atoms with Crippen LogP contribution in [0.1, 0.15) is 49.4 Å². The number of rotatable bonds is 4. The maximum absolute atomic E-state index is 12.7. The van der Waals surface area contributed by atoms with Gasteiger partial charge in [0.1, 0.15) is 0 Å². The first kappa shape index (κ1) is 18.4. The van der Waals surface area contributed by atoms with Crippen molar-refractivity contribution in [3.8, 4) is 0 Å². The van der Waals surface area contributed by atoms with Gasteiger partial charge in [-0.05, 0) is 56.9 Å². The third-order valence-corrected chi connectivity index (χ3v) is 5.15. The van der Waals surface area contributed by atoms with Crippen LogP contribution in [0.5, 0.6) is 0 Å². The Labute approximate surface area is 154 Å². The number of nitrogens with zero attached hydrogens (tertiary/aromatic N) is 2. The van der Waals surface area contributed by atoms with E-state index in [4.69, 9.17) is 4.74 Å². The van der Waals surface area contributed by atoms with Crippen LogP contribution in [0.4, 0.5) is 5.69 Å². The number of esters is 1. The summed E-state index contributed by atoms with van der Waals surface area (Å²) in [6, 6.07) is 7.28. The fourth-order valence-electron chi connectivity index (χ4n) is 3.62. The highest BCUT2D eigenvalue weighted by molar-refractivity contribution is 5.97. The quantitative estimate of drug-likeness (QED) is 0.776. The van der Waals surface area contributed by atoms with E-state index < -0.39 is 0 Å². The van der Waals surface area contributed by atoms with Crippen molar-refractivity contribution < 1.29 is 19.1 Å². The topological polar surface area (TPSA) is 66.9 Å². The van der Waals surface area contributed by atoms with Gasteiger partial charge in [-0.3, -0.25) is 14.4 Å². The third kappa shape index (κ3) is 4.06. The molecule has 2 heterocycles. The molecule has 0 atom stereocenters. The van der Waals surface area contributed by atoms with Crippen LogP contribution in [0.15, 0.2) is 24.3 Å². The van der Waals surface area contributed by atoms with Crippen molar-refractivity contribution in [3.05, 3.63) is 29.8 Å². The molecule has 0 bridgehead atoms. The fraction of sp³-hybridized carbons (Fsp3) is 0.550. The first-order valence-electron chi connectivity index (χ1n) is 9.46. The lowest BCUT2D eigenvalue weighted by Crippen LogP contribution is -2.40. The van der Waals surface area contributed by atoms with Crippen molar-refractivity contribution >= 4 is 23.5 Å². The Morgan fingerprint density at radius 3 is 2.38 bits per heavy atom. The molecule has 0 aromatic heterocycles. The monoisotopic (exact) mass is 358 g/mol. The molecule has 2 aliphatic rings. The van der Waals surface area contributed by atoms with Gasteiger partial charge in [-0.25, -0.2) is 0 Å². The van der Waals surface area contributed by atoms with Crippen LogP contribution in [0, 0.1) is 5.92 Å². The van der Waals surface area contributed by atoms with Crippen molar-refractivity contribution in [1.82, 2.24) is 4.90 Å². The van der Waals surface area contributed by atoms with E-state index >= 15 is 0 Å². The molecule has 26 heavy (non-hydrogen) atoms. The second-order valence-corrected chi connectivity index (χ2v) is 6.87. The Morgan fingerprint density at radius 2 is 1.77 bits per heavy atom. The minimum Gasteiger partial charge on any atom is -0.466 e. The number of benzene rings is 1. The molecular formula is C20H26N2O4. The average Bonchev–Trinajstić information content (AvgIpc) is 2.68. The number of hydrogen-bond donors (Lipinski definition) is 0. The Balaban J connectivity index is 1.59. The third-order valence-electron chi connectivity index (χ3n) is 5.15. The van der Waals surface area contributed by atoms with E-state index in [0.717, 1.165) is 25.1 Å². The van der Waals surface area contributed by atoms with Gasteiger partial charge < -0.3 is 14.5 Å². The SMILES string of the molecule is CCOC(=O)C1CCN(C(=O)c2ccc(N3CCCCC3=O)cc2)CC1. The smallest absolute Gasteiger partial charge is 0.309 e. The number of anilines is 1. The van der Waals surface area contributed by atoms with E-state index in [2.05, 4.69) is 0 Å². The first-order chi connectivity index (χ1) is 12.6. The molecule has 2 saturated heterocycles. The molecule has 0 N–H and O–H groups in total. The molecule has 6 heteroatoms. The molecule has 2 fully saturated rings. The van der Waals surface area contributed by atoms with Crippen LogP contribution >= 0.6 is 0 Å². The zero-order chi connectivity index (χ0) is 18.5. The second-order valence-electron chi connectivity index (χ2n) is 6.87. The summed E-state index contributed by atoms with van der Waals surface area (Å²) in [5.74, 6) is -0.137. The van der Waals surface area contributed by atoms with Gasteiger partial charge in [0.05, 0.1) is 12.5 Å². The highest BCUT2D eigenvalue weighted by atomic mass is 16.5. The van der Waals surface area contributed by atoms with Gasteiger partial charge >= 0.3 is 5.97 Å². The molecule has 1 aromatic carbocycles. The molecule has 0 unspecified atom stereocenters. The molecule has 0 radical (unpaired) electrons. The Kier molecular flexibility index (Phi) is 5.91. The van der Waals surface area contributed by atoms with Crippen LogP contribution in [-0.2, 0) is 14.3 Å². The molecule has 0 saturated carbocycles. The molecule has 2 amide bonds. The predicted octanol–water partition coefficient (Wildman–Crippen LogP) is 2.62. The lowest BCUT2D eigenvalue weighted by molar-refractivity contribution is -0.149. The molecule has 140 valence electrons. The van der Waals surface area contributed by atoms with Gasteiger partial charge in [0.15, 0.2) is 0 Å². The van der Waals surface area contributed by atoms with E-state index in [1.165, 1.54) is 0 Å². The standard InChI is InChI=1S/C20H26N2O4/c1-2-26-20(25)16-10-13-21(14-11-16)19(24)15-6-8-17(9-7-15)22-12-4-3-5-18(22)23/h6-9,16H,2-5,10-14H2,1H3. The lowest BCUT2D eigenvalue weighted by Gasteiger charge is -2.31. The second kappa shape index (κ2) is 8.34. The van der Waals surface area contributed by atoms with Crippen molar-refractivity contribution in [1.29, 1.82) is 0 Å². The molecule has 6 nitrogen and oxygen atoms in total. The number of likely N-dealkylation sites (tertiary alicyclic amines) is 1. The van der Waals surface area contributed by atoms with Gasteiger partial charge in [0.2, 0.25) is 5.91 Å². The van der Waals surface area contributed by atoms with E-state index in [0.29, 0.717) is 44.5 Å². The Hall–Kier alpha value is -2.37. The number of amides is 2. The molecule has 3 rings (SSSR count). The largest absolute Gasteiger partial charge is 0.466 e. The van der Waals surface area contributed by atoms with Gasteiger partial charge in [0.25, 0.3) is 5.91 Å². The van der Waals surface area contributed by atoms with Gasteiger partial charge in [0, 0.05) is 37.3 Å². The number of carbonyl (C=O) groups is 3. The molecule has 0 aliphatic carbocycles. The zero-order valence-corrected chi connectivity index (χ0v) is 15.3. The van der Waals surface area contributed by atoms with Crippen molar-refractivity contribution in [2.45, 2.75) is 39.0 Å². The average molecular weight is 358 g/mol. The number of carbonyl (C=O) groups excluding carboxylic acids is 3. The summed E-state index contributed by atoms with van der Waals surface area (Å²) in [5.41, 5.74) is 1.47. The maximum Gasteiger partial charge on any atom is 0.309 e.